The van der Waals surface area contributed by atoms with Crippen LogP contribution in [0.1, 0.15) is 22.7 Å². The van der Waals surface area contributed by atoms with E-state index in [2.05, 4.69) is 63.4 Å². The van der Waals surface area contributed by atoms with Crippen molar-refractivity contribution in [2.24, 2.45) is 0 Å². The van der Waals surface area contributed by atoms with Crippen LogP contribution in [0.5, 0.6) is 0 Å². The molecule has 0 aliphatic carbocycles. The molecule has 1 aliphatic rings. The molecule has 0 bridgehead atoms. The van der Waals surface area contributed by atoms with E-state index in [1.807, 2.05) is 36.5 Å². The van der Waals surface area contributed by atoms with E-state index in [4.69, 9.17) is 5.26 Å². The molecule has 1 aromatic heterocycles. The molecule has 146 valence electrons. The second-order valence-electron chi connectivity index (χ2n) is 7.28. The van der Waals surface area contributed by atoms with Crippen LogP contribution in [0.2, 0.25) is 0 Å². The van der Waals surface area contributed by atoms with E-state index in [1.54, 1.807) is 0 Å². The highest BCUT2D eigenvalue weighted by Crippen LogP contribution is 2.28. The third-order valence-electron chi connectivity index (χ3n) is 5.26. The summed E-state index contributed by atoms with van der Waals surface area (Å²) >= 11 is 0. The van der Waals surface area contributed by atoms with E-state index in [9.17, 15) is 0 Å². The fourth-order valence-corrected chi connectivity index (χ4v) is 3.82. The van der Waals surface area contributed by atoms with E-state index >= 15 is 0 Å². The van der Waals surface area contributed by atoms with Gasteiger partial charge >= 0.3 is 0 Å². The van der Waals surface area contributed by atoms with E-state index in [-0.39, 0.29) is 12.1 Å². The van der Waals surface area contributed by atoms with Crippen molar-refractivity contribution in [1.82, 2.24) is 10.3 Å². The maximum Gasteiger partial charge on any atom is 0.149 e. The summed E-state index contributed by atoms with van der Waals surface area (Å²) in [5, 5.41) is 19.8. The molecule has 0 saturated carbocycles. The summed E-state index contributed by atoms with van der Waals surface area (Å²) in [6, 6.07) is 25.4. The summed E-state index contributed by atoms with van der Waals surface area (Å²) in [6.07, 6.45) is 3.19. The van der Waals surface area contributed by atoms with Gasteiger partial charge in [-0.1, -0.05) is 54.6 Å². The summed E-state index contributed by atoms with van der Waals surface area (Å²) < 4.78 is 0. The Hall–Kier alpha value is -3.36. The summed E-state index contributed by atoms with van der Waals surface area (Å²) in [6.45, 7) is 1.67. The zero-order valence-electron chi connectivity index (χ0n) is 16.3. The van der Waals surface area contributed by atoms with E-state index < -0.39 is 0 Å². The third kappa shape index (κ3) is 4.74. The zero-order valence-corrected chi connectivity index (χ0v) is 16.3. The number of nitrogens with zero attached hydrogens (tertiary/aromatic N) is 2. The minimum atomic E-state index is 0.154. The van der Waals surface area contributed by atoms with Crippen molar-refractivity contribution in [2.75, 3.05) is 23.7 Å². The molecule has 0 spiro atoms. The average molecular weight is 383 g/mol. The van der Waals surface area contributed by atoms with Crippen LogP contribution >= 0.6 is 0 Å². The van der Waals surface area contributed by atoms with Crippen LogP contribution in [0, 0.1) is 11.3 Å². The maximum atomic E-state index is 8.92. The van der Waals surface area contributed by atoms with Gasteiger partial charge in [0.1, 0.15) is 5.82 Å². The number of nitrogens with one attached hydrogen (secondary N) is 3. The van der Waals surface area contributed by atoms with Crippen LogP contribution in [0.15, 0.2) is 72.9 Å². The lowest BCUT2D eigenvalue weighted by Gasteiger charge is -2.34. The lowest BCUT2D eigenvalue weighted by Crippen LogP contribution is -2.44. The Morgan fingerprint density at radius 3 is 2.79 bits per heavy atom. The van der Waals surface area contributed by atoms with E-state index in [0.29, 0.717) is 6.42 Å². The molecule has 3 N–H and O–H groups in total. The smallest absolute Gasteiger partial charge is 0.149 e. The van der Waals surface area contributed by atoms with E-state index in [1.165, 1.54) is 11.1 Å². The average Bonchev–Trinajstić information content (AvgIpc) is 2.78. The van der Waals surface area contributed by atoms with Crippen molar-refractivity contribution in [3.63, 3.8) is 0 Å². The van der Waals surface area contributed by atoms with Crippen LogP contribution < -0.4 is 16.0 Å². The monoisotopic (exact) mass is 383 g/mol. The normalized spacial score (nSPS) is 16.0. The van der Waals surface area contributed by atoms with Crippen molar-refractivity contribution in [3.05, 3.63) is 89.6 Å². The number of fused-ring (bicyclic) bond motifs is 1. The highest BCUT2D eigenvalue weighted by atomic mass is 15.2. The molecule has 5 nitrogen and oxygen atoms in total. The van der Waals surface area contributed by atoms with E-state index in [0.717, 1.165) is 36.6 Å². The molecule has 0 fully saturated rings. The SMILES string of the molecule is N#CCc1cccc(CCN[C@H](c2ccccc2)[C@H]2CNc3cccnc3N2)c1. The van der Waals surface area contributed by atoms with Gasteiger partial charge in [-0.15, -0.1) is 0 Å². The number of hydrogen-bond acceptors (Lipinski definition) is 5. The molecule has 2 aromatic carbocycles. The fraction of sp³-hybridized carbons (Fsp3) is 0.250. The minimum absolute atomic E-state index is 0.154. The first-order chi connectivity index (χ1) is 14.3. The minimum Gasteiger partial charge on any atom is -0.380 e. The van der Waals surface area contributed by atoms with Crippen molar-refractivity contribution in [2.45, 2.75) is 24.9 Å². The van der Waals surface area contributed by atoms with Crippen molar-refractivity contribution < 1.29 is 0 Å². The number of nitriles is 1. The molecule has 2 atom stereocenters. The number of anilines is 2. The third-order valence-corrected chi connectivity index (χ3v) is 5.26. The molecular weight excluding hydrogens is 358 g/mol. The molecule has 0 radical (unpaired) electrons. The topological polar surface area (TPSA) is 72.8 Å². The molecule has 29 heavy (non-hydrogen) atoms. The van der Waals surface area contributed by atoms with Gasteiger partial charge in [0.15, 0.2) is 0 Å². The molecule has 3 aromatic rings. The van der Waals surface area contributed by atoms with Gasteiger partial charge in [0.25, 0.3) is 0 Å². The largest absolute Gasteiger partial charge is 0.380 e. The molecule has 2 heterocycles. The molecule has 4 rings (SSSR count). The maximum absolute atomic E-state index is 8.92. The van der Waals surface area contributed by atoms with Crippen LogP contribution in [-0.4, -0.2) is 24.1 Å². The Morgan fingerprint density at radius 1 is 1.07 bits per heavy atom. The van der Waals surface area contributed by atoms with Crippen molar-refractivity contribution in [1.29, 1.82) is 5.26 Å². The fourth-order valence-electron chi connectivity index (χ4n) is 3.82. The Labute approximate surface area is 171 Å². The molecule has 0 unspecified atom stereocenters. The Kier molecular flexibility index (Phi) is 6.04. The Morgan fingerprint density at radius 2 is 1.93 bits per heavy atom. The van der Waals surface area contributed by atoms with Gasteiger partial charge < -0.3 is 16.0 Å². The first-order valence-corrected chi connectivity index (χ1v) is 10.0. The van der Waals surface area contributed by atoms with Gasteiger partial charge in [0.2, 0.25) is 0 Å². The first kappa shape index (κ1) is 19.0. The summed E-state index contributed by atoms with van der Waals surface area (Å²) in [4.78, 5) is 4.47. The highest BCUT2D eigenvalue weighted by molar-refractivity contribution is 5.67. The first-order valence-electron chi connectivity index (χ1n) is 10.0. The van der Waals surface area contributed by atoms with Crippen LogP contribution in [0.4, 0.5) is 11.5 Å². The van der Waals surface area contributed by atoms with Crippen LogP contribution in [0.3, 0.4) is 0 Å². The molecule has 0 amide bonds. The zero-order chi connectivity index (χ0) is 19.9. The van der Waals surface area contributed by atoms with Gasteiger partial charge in [0.05, 0.1) is 30.3 Å². The summed E-state index contributed by atoms with van der Waals surface area (Å²) in [7, 11) is 0. The standard InChI is InChI=1S/C24H25N5/c25-13-11-18-6-4-7-19(16-18)12-15-26-23(20-8-2-1-3-9-20)22-17-28-21-10-5-14-27-24(21)29-22/h1-10,14,16,22-23,26,28H,11-12,15,17H2,(H,27,29)/t22-,23-/m1/s1. The highest BCUT2D eigenvalue weighted by Gasteiger charge is 2.27. The van der Waals surface area contributed by atoms with Gasteiger partial charge in [0, 0.05) is 12.7 Å². The number of hydrogen-bond donors (Lipinski definition) is 3. The lowest BCUT2D eigenvalue weighted by atomic mass is 9.97. The summed E-state index contributed by atoms with van der Waals surface area (Å²) in [5.74, 6) is 0.899. The van der Waals surface area contributed by atoms with Gasteiger partial charge in [-0.05, 0) is 41.8 Å². The van der Waals surface area contributed by atoms with Crippen LogP contribution in [0.25, 0.3) is 0 Å². The summed E-state index contributed by atoms with van der Waals surface area (Å²) in [5.41, 5.74) is 4.62. The van der Waals surface area contributed by atoms with Gasteiger partial charge in [-0.3, -0.25) is 0 Å². The quantitative estimate of drug-likeness (QED) is 0.577. The van der Waals surface area contributed by atoms with Crippen LogP contribution in [-0.2, 0) is 12.8 Å². The van der Waals surface area contributed by atoms with Gasteiger partial charge in [-0.25, -0.2) is 4.98 Å². The van der Waals surface area contributed by atoms with Crippen molar-refractivity contribution in [3.8, 4) is 6.07 Å². The van der Waals surface area contributed by atoms with Gasteiger partial charge in [-0.2, -0.15) is 5.26 Å². The molecule has 0 saturated heterocycles. The molecule has 1 aliphatic heterocycles. The number of aromatic nitrogens is 1. The van der Waals surface area contributed by atoms with Crippen molar-refractivity contribution >= 4 is 11.5 Å². The lowest BCUT2D eigenvalue weighted by molar-refractivity contribution is 0.472. The molecule has 5 heteroatoms. The predicted octanol–water partition coefficient (Wildman–Crippen LogP) is 3.93. The Bertz CT molecular complexity index is 980. The second kappa shape index (κ2) is 9.22. The number of rotatable bonds is 7. The Balaban J connectivity index is 1.46. The number of benzene rings is 2. The molecular formula is C24H25N5. The number of pyridine rings is 1. The predicted molar refractivity (Wildman–Crippen MR) is 117 cm³/mol. The second-order valence-corrected chi connectivity index (χ2v) is 7.28.